The van der Waals surface area contributed by atoms with Gasteiger partial charge in [-0.05, 0) is 36.7 Å². The third-order valence-corrected chi connectivity index (χ3v) is 2.86. The Morgan fingerprint density at radius 2 is 2.29 bits per heavy atom. The van der Waals surface area contributed by atoms with E-state index in [1.54, 1.807) is 25.1 Å². The first-order chi connectivity index (χ1) is 10.1. The molecule has 8 heteroatoms. The topological polar surface area (TPSA) is 113 Å². The molecular formula is C13H13N5O3. The van der Waals surface area contributed by atoms with Gasteiger partial charge < -0.3 is 9.84 Å². The second-order valence-corrected chi connectivity index (χ2v) is 4.27. The maximum Gasteiger partial charge on any atom is 0.354 e. The van der Waals surface area contributed by atoms with Gasteiger partial charge in [-0.1, -0.05) is 5.11 Å². The first kappa shape index (κ1) is 14.4. The summed E-state index contributed by atoms with van der Waals surface area (Å²) in [4.78, 5) is 13.9. The number of aromatic carboxylic acids is 1. The van der Waals surface area contributed by atoms with E-state index >= 15 is 0 Å². The standard InChI is InChI=1S/C13H13N5O3/c1-8-5-11(13(19)20)18(16-8)10-3-4-12(21-2)9(6-10)7-15-17-14/h3-6H,7H2,1-2H3,(H,19,20). The summed E-state index contributed by atoms with van der Waals surface area (Å²) in [7, 11) is 1.51. The lowest BCUT2D eigenvalue weighted by Gasteiger charge is -2.10. The number of aromatic nitrogens is 2. The number of carboxylic acids is 1. The van der Waals surface area contributed by atoms with Crippen molar-refractivity contribution in [3.63, 3.8) is 0 Å². The van der Waals surface area contributed by atoms with Gasteiger partial charge in [0.1, 0.15) is 5.75 Å². The van der Waals surface area contributed by atoms with Gasteiger partial charge in [-0.15, -0.1) is 0 Å². The third-order valence-electron chi connectivity index (χ3n) is 2.86. The van der Waals surface area contributed by atoms with E-state index in [0.29, 0.717) is 22.7 Å². The lowest BCUT2D eigenvalue weighted by atomic mass is 10.1. The van der Waals surface area contributed by atoms with E-state index in [2.05, 4.69) is 15.1 Å². The molecule has 0 radical (unpaired) electrons. The molecule has 0 saturated carbocycles. The Morgan fingerprint density at radius 1 is 1.52 bits per heavy atom. The van der Waals surface area contributed by atoms with Crippen molar-refractivity contribution in [1.82, 2.24) is 9.78 Å². The molecule has 2 aromatic rings. The summed E-state index contributed by atoms with van der Waals surface area (Å²) in [6.07, 6.45) is 0. The Balaban J connectivity index is 2.54. The van der Waals surface area contributed by atoms with Crippen molar-refractivity contribution < 1.29 is 14.6 Å². The van der Waals surface area contributed by atoms with Crippen LogP contribution in [0.5, 0.6) is 5.75 Å². The van der Waals surface area contributed by atoms with Crippen LogP contribution in [0.4, 0.5) is 0 Å². The summed E-state index contributed by atoms with van der Waals surface area (Å²) in [5, 5.41) is 16.9. The zero-order valence-electron chi connectivity index (χ0n) is 11.5. The molecule has 1 aromatic carbocycles. The molecule has 0 bridgehead atoms. The Labute approximate surface area is 120 Å². The molecule has 0 aliphatic heterocycles. The van der Waals surface area contributed by atoms with Crippen molar-refractivity contribution in [2.45, 2.75) is 13.5 Å². The molecule has 0 aliphatic carbocycles. The van der Waals surface area contributed by atoms with Gasteiger partial charge in [0, 0.05) is 10.5 Å². The normalized spacial score (nSPS) is 10.0. The van der Waals surface area contributed by atoms with Crippen LogP contribution in [0, 0.1) is 6.92 Å². The van der Waals surface area contributed by atoms with Gasteiger partial charge in [0.05, 0.1) is 25.0 Å². The number of nitrogens with zero attached hydrogens (tertiary/aromatic N) is 5. The minimum atomic E-state index is -1.07. The van der Waals surface area contributed by atoms with Gasteiger partial charge in [-0.2, -0.15) is 5.10 Å². The summed E-state index contributed by atoms with van der Waals surface area (Å²) < 4.78 is 6.52. The molecule has 1 heterocycles. The minimum absolute atomic E-state index is 0.0624. The van der Waals surface area contributed by atoms with Crippen LogP contribution < -0.4 is 4.74 Å². The Hall–Kier alpha value is -2.99. The third kappa shape index (κ3) is 2.96. The van der Waals surface area contributed by atoms with Crippen molar-refractivity contribution in [1.29, 1.82) is 0 Å². The van der Waals surface area contributed by atoms with Crippen LogP contribution >= 0.6 is 0 Å². The summed E-state index contributed by atoms with van der Waals surface area (Å²) in [5.41, 5.74) is 10.3. The van der Waals surface area contributed by atoms with E-state index in [4.69, 9.17) is 10.3 Å². The van der Waals surface area contributed by atoms with Gasteiger partial charge in [-0.3, -0.25) is 0 Å². The molecule has 2 rings (SSSR count). The molecule has 0 amide bonds. The number of carboxylic acid groups (broad SMARTS) is 1. The molecule has 0 unspecified atom stereocenters. The number of ether oxygens (including phenoxy) is 1. The number of hydrogen-bond donors (Lipinski definition) is 1. The molecule has 0 aliphatic rings. The number of methoxy groups -OCH3 is 1. The average molecular weight is 287 g/mol. The largest absolute Gasteiger partial charge is 0.496 e. The maximum absolute atomic E-state index is 11.2. The highest BCUT2D eigenvalue weighted by molar-refractivity contribution is 5.86. The highest BCUT2D eigenvalue weighted by atomic mass is 16.5. The van der Waals surface area contributed by atoms with E-state index < -0.39 is 5.97 Å². The van der Waals surface area contributed by atoms with Crippen LogP contribution in [0.1, 0.15) is 21.7 Å². The van der Waals surface area contributed by atoms with E-state index in [1.165, 1.54) is 17.9 Å². The average Bonchev–Trinajstić information content (AvgIpc) is 2.87. The highest BCUT2D eigenvalue weighted by Gasteiger charge is 2.15. The molecular weight excluding hydrogens is 274 g/mol. The molecule has 0 saturated heterocycles. The molecule has 8 nitrogen and oxygen atoms in total. The molecule has 0 spiro atoms. The van der Waals surface area contributed by atoms with Crippen LogP contribution in [-0.4, -0.2) is 28.0 Å². The predicted octanol–water partition coefficient (Wildman–Crippen LogP) is 2.70. The van der Waals surface area contributed by atoms with E-state index in [1.807, 2.05) is 0 Å². The van der Waals surface area contributed by atoms with Gasteiger partial charge in [-0.25, -0.2) is 9.48 Å². The van der Waals surface area contributed by atoms with Crippen LogP contribution in [0.3, 0.4) is 0 Å². The second kappa shape index (κ2) is 5.98. The second-order valence-electron chi connectivity index (χ2n) is 4.27. The number of rotatable bonds is 5. The molecule has 108 valence electrons. The predicted molar refractivity (Wildman–Crippen MR) is 74.7 cm³/mol. The van der Waals surface area contributed by atoms with Crippen molar-refractivity contribution >= 4 is 5.97 Å². The van der Waals surface area contributed by atoms with Crippen LogP contribution in [0.25, 0.3) is 16.1 Å². The fourth-order valence-electron chi connectivity index (χ4n) is 1.98. The van der Waals surface area contributed by atoms with Crippen molar-refractivity contribution in [2.24, 2.45) is 5.11 Å². The van der Waals surface area contributed by atoms with Gasteiger partial charge in [0.15, 0.2) is 5.69 Å². The molecule has 0 atom stereocenters. The number of hydrogen-bond acceptors (Lipinski definition) is 4. The Kier molecular flexibility index (Phi) is 4.10. The molecule has 21 heavy (non-hydrogen) atoms. The van der Waals surface area contributed by atoms with Crippen LogP contribution in [0.15, 0.2) is 29.4 Å². The molecule has 1 aromatic heterocycles. The lowest BCUT2D eigenvalue weighted by Crippen LogP contribution is -2.08. The van der Waals surface area contributed by atoms with Crippen molar-refractivity contribution in [3.8, 4) is 11.4 Å². The SMILES string of the molecule is COc1ccc(-n2nc(C)cc2C(=O)O)cc1CN=[N+]=[N-]. The Morgan fingerprint density at radius 3 is 2.90 bits per heavy atom. The zero-order chi connectivity index (χ0) is 15.4. The minimum Gasteiger partial charge on any atom is -0.496 e. The zero-order valence-corrected chi connectivity index (χ0v) is 11.5. The van der Waals surface area contributed by atoms with E-state index in [0.717, 1.165) is 0 Å². The van der Waals surface area contributed by atoms with Crippen molar-refractivity contribution in [2.75, 3.05) is 7.11 Å². The lowest BCUT2D eigenvalue weighted by molar-refractivity contribution is 0.0687. The molecule has 0 fully saturated rings. The van der Waals surface area contributed by atoms with Crippen molar-refractivity contribution in [3.05, 3.63) is 51.7 Å². The first-order valence-corrected chi connectivity index (χ1v) is 6.05. The fourth-order valence-corrected chi connectivity index (χ4v) is 1.98. The number of azide groups is 1. The van der Waals surface area contributed by atoms with Gasteiger partial charge in [0.2, 0.25) is 0 Å². The van der Waals surface area contributed by atoms with Gasteiger partial charge in [0.25, 0.3) is 0 Å². The fraction of sp³-hybridized carbons (Fsp3) is 0.231. The summed E-state index contributed by atoms with van der Waals surface area (Å²) in [6, 6.07) is 6.55. The van der Waals surface area contributed by atoms with Gasteiger partial charge >= 0.3 is 5.97 Å². The summed E-state index contributed by atoms with van der Waals surface area (Å²) >= 11 is 0. The number of aryl methyl sites for hydroxylation is 1. The number of carbonyl (C=O) groups is 1. The van der Waals surface area contributed by atoms with E-state index in [-0.39, 0.29) is 12.2 Å². The highest BCUT2D eigenvalue weighted by Crippen LogP contribution is 2.24. The van der Waals surface area contributed by atoms with E-state index in [9.17, 15) is 9.90 Å². The summed E-state index contributed by atoms with van der Waals surface area (Å²) in [5.74, 6) is -0.505. The monoisotopic (exact) mass is 287 g/mol. The Bertz CT molecular complexity index is 731. The smallest absolute Gasteiger partial charge is 0.354 e. The van der Waals surface area contributed by atoms with Crippen LogP contribution in [-0.2, 0) is 6.54 Å². The molecule has 1 N–H and O–H groups in total. The van der Waals surface area contributed by atoms with Crippen LogP contribution in [0.2, 0.25) is 0 Å². The quantitative estimate of drug-likeness (QED) is 0.517. The maximum atomic E-state index is 11.2. The number of benzene rings is 1. The first-order valence-electron chi connectivity index (χ1n) is 6.05. The summed E-state index contributed by atoms with van der Waals surface area (Å²) in [6.45, 7) is 1.82.